The molecule has 0 heterocycles. The molecule has 0 fully saturated rings. The van der Waals surface area contributed by atoms with Crippen LogP contribution in [0.5, 0.6) is 0 Å². The van der Waals surface area contributed by atoms with Crippen LogP contribution < -0.4 is 0 Å². The predicted octanol–water partition coefficient (Wildman–Crippen LogP) is 1.46. The van der Waals surface area contributed by atoms with Crippen LogP contribution >= 0.6 is 0 Å². The predicted molar refractivity (Wildman–Crippen MR) is 73.0 cm³/mol. The standard InChI is InChI=1S/C13H31N3/c1-13(2)7-8-15(5)11-12-16(6)10-9-14(3)4/h13H,7-12H2,1-6H3. The molecule has 16 heavy (non-hydrogen) atoms. The fourth-order valence-corrected chi connectivity index (χ4v) is 1.41. The lowest BCUT2D eigenvalue weighted by molar-refractivity contribution is 0.232. The summed E-state index contributed by atoms with van der Waals surface area (Å²) in [5, 5.41) is 0. The van der Waals surface area contributed by atoms with Crippen molar-refractivity contribution >= 4 is 0 Å². The summed E-state index contributed by atoms with van der Waals surface area (Å²) in [6, 6.07) is 0. The average molecular weight is 229 g/mol. The van der Waals surface area contributed by atoms with Crippen LogP contribution in [0.2, 0.25) is 0 Å². The summed E-state index contributed by atoms with van der Waals surface area (Å²) < 4.78 is 0. The molecule has 3 nitrogen and oxygen atoms in total. The Morgan fingerprint density at radius 3 is 1.56 bits per heavy atom. The minimum absolute atomic E-state index is 0.814. The monoisotopic (exact) mass is 229 g/mol. The number of likely N-dealkylation sites (N-methyl/N-ethyl adjacent to an activating group) is 3. The maximum Gasteiger partial charge on any atom is 0.0107 e. The van der Waals surface area contributed by atoms with Gasteiger partial charge in [-0.05, 0) is 47.1 Å². The fraction of sp³-hybridized carbons (Fsp3) is 1.00. The van der Waals surface area contributed by atoms with Gasteiger partial charge in [0.25, 0.3) is 0 Å². The first kappa shape index (κ1) is 15.9. The molecule has 0 rings (SSSR count). The Bertz CT molecular complexity index is 139. The summed E-state index contributed by atoms with van der Waals surface area (Å²) in [5.74, 6) is 0.814. The van der Waals surface area contributed by atoms with Crippen molar-refractivity contribution < 1.29 is 0 Å². The van der Waals surface area contributed by atoms with Gasteiger partial charge in [0, 0.05) is 26.2 Å². The second-order valence-corrected chi connectivity index (χ2v) is 5.59. The Balaban J connectivity index is 3.47. The number of rotatable bonds is 9. The molecule has 98 valence electrons. The van der Waals surface area contributed by atoms with Gasteiger partial charge in [-0.3, -0.25) is 0 Å². The number of hydrogen-bond donors (Lipinski definition) is 0. The molecule has 3 heteroatoms. The van der Waals surface area contributed by atoms with Gasteiger partial charge in [-0.1, -0.05) is 13.8 Å². The molecule has 0 atom stereocenters. The number of hydrogen-bond acceptors (Lipinski definition) is 3. The Morgan fingerprint density at radius 2 is 1.12 bits per heavy atom. The van der Waals surface area contributed by atoms with E-state index in [9.17, 15) is 0 Å². The van der Waals surface area contributed by atoms with Gasteiger partial charge in [-0.15, -0.1) is 0 Å². The Hall–Kier alpha value is -0.120. The van der Waals surface area contributed by atoms with Crippen LogP contribution in [0.4, 0.5) is 0 Å². The Morgan fingerprint density at radius 1 is 0.688 bits per heavy atom. The molecule has 0 unspecified atom stereocenters. The molecule has 0 saturated heterocycles. The van der Waals surface area contributed by atoms with Crippen molar-refractivity contribution in [2.24, 2.45) is 5.92 Å². The third-order valence-electron chi connectivity index (χ3n) is 2.88. The summed E-state index contributed by atoms with van der Waals surface area (Å²) in [5.41, 5.74) is 0. The first-order valence-electron chi connectivity index (χ1n) is 6.43. The lowest BCUT2D eigenvalue weighted by Gasteiger charge is -2.23. The van der Waals surface area contributed by atoms with Crippen LogP contribution in [-0.4, -0.2) is 75.6 Å². The van der Waals surface area contributed by atoms with E-state index in [1.165, 1.54) is 26.1 Å². The minimum atomic E-state index is 0.814. The highest BCUT2D eigenvalue weighted by atomic mass is 15.2. The lowest BCUT2D eigenvalue weighted by Crippen LogP contribution is -2.35. The lowest BCUT2D eigenvalue weighted by atomic mass is 10.1. The summed E-state index contributed by atoms with van der Waals surface area (Å²) in [6.07, 6.45) is 1.30. The second kappa shape index (κ2) is 8.97. The quantitative estimate of drug-likeness (QED) is 0.593. The Labute approximate surface area is 102 Å². The third-order valence-corrected chi connectivity index (χ3v) is 2.88. The van der Waals surface area contributed by atoms with Crippen molar-refractivity contribution in [2.45, 2.75) is 20.3 Å². The van der Waals surface area contributed by atoms with Gasteiger partial charge >= 0.3 is 0 Å². The normalized spacial score (nSPS) is 12.4. The zero-order valence-corrected chi connectivity index (χ0v) is 12.2. The van der Waals surface area contributed by atoms with Gasteiger partial charge in [0.15, 0.2) is 0 Å². The largest absolute Gasteiger partial charge is 0.308 e. The van der Waals surface area contributed by atoms with Crippen molar-refractivity contribution in [1.82, 2.24) is 14.7 Å². The van der Waals surface area contributed by atoms with Crippen LogP contribution in [-0.2, 0) is 0 Å². The SMILES string of the molecule is CC(C)CCN(C)CCN(C)CCN(C)C. The van der Waals surface area contributed by atoms with E-state index >= 15 is 0 Å². The molecule has 0 aliphatic heterocycles. The highest BCUT2D eigenvalue weighted by molar-refractivity contribution is 4.59. The smallest absolute Gasteiger partial charge is 0.0107 e. The van der Waals surface area contributed by atoms with Crippen LogP contribution in [0.15, 0.2) is 0 Å². The third kappa shape index (κ3) is 10.4. The molecule has 0 amide bonds. The van der Waals surface area contributed by atoms with Gasteiger partial charge in [0.2, 0.25) is 0 Å². The van der Waals surface area contributed by atoms with E-state index in [-0.39, 0.29) is 0 Å². The van der Waals surface area contributed by atoms with Crippen molar-refractivity contribution in [1.29, 1.82) is 0 Å². The maximum absolute atomic E-state index is 2.44. The molecule has 0 aliphatic carbocycles. The molecule has 0 bridgehead atoms. The van der Waals surface area contributed by atoms with Crippen LogP contribution in [0.3, 0.4) is 0 Å². The molecular formula is C13H31N3. The molecule has 0 aromatic carbocycles. The van der Waals surface area contributed by atoms with E-state index in [4.69, 9.17) is 0 Å². The highest BCUT2D eigenvalue weighted by Crippen LogP contribution is 2.00. The van der Waals surface area contributed by atoms with E-state index in [1.54, 1.807) is 0 Å². The van der Waals surface area contributed by atoms with Crippen LogP contribution in [0, 0.1) is 5.92 Å². The van der Waals surface area contributed by atoms with E-state index < -0.39 is 0 Å². The van der Waals surface area contributed by atoms with Crippen molar-refractivity contribution in [2.75, 3.05) is 60.9 Å². The Kier molecular flexibility index (Phi) is 8.90. The van der Waals surface area contributed by atoms with E-state index in [2.05, 4.69) is 56.7 Å². The van der Waals surface area contributed by atoms with Gasteiger partial charge in [-0.25, -0.2) is 0 Å². The molecule has 0 N–H and O–H groups in total. The molecule has 0 radical (unpaired) electrons. The van der Waals surface area contributed by atoms with E-state index in [0.29, 0.717) is 0 Å². The van der Waals surface area contributed by atoms with Gasteiger partial charge in [0.05, 0.1) is 0 Å². The minimum Gasteiger partial charge on any atom is -0.308 e. The summed E-state index contributed by atoms with van der Waals surface area (Å²) in [7, 11) is 8.69. The molecule has 0 spiro atoms. The molecular weight excluding hydrogens is 198 g/mol. The number of nitrogens with zero attached hydrogens (tertiary/aromatic N) is 3. The second-order valence-electron chi connectivity index (χ2n) is 5.59. The first-order valence-corrected chi connectivity index (χ1v) is 6.43. The topological polar surface area (TPSA) is 9.72 Å². The molecule has 0 aromatic rings. The molecule has 0 aromatic heterocycles. The first-order chi connectivity index (χ1) is 7.41. The zero-order valence-electron chi connectivity index (χ0n) is 12.2. The average Bonchev–Trinajstić information content (AvgIpc) is 2.20. The van der Waals surface area contributed by atoms with Crippen molar-refractivity contribution in [3.63, 3.8) is 0 Å². The molecule has 0 saturated carbocycles. The zero-order chi connectivity index (χ0) is 12.6. The fourth-order valence-electron chi connectivity index (χ4n) is 1.41. The van der Waals surface area contributed by atoms with Crippen molar-refractivity contribution in [3.05, 3.63) is 0 Å². The molecule has 0 aliphatic rings. The highest BCUT2D eigenvalue weighted by Gasteiger charge is 2.03. The maximum atomic E-state index is 2.44. The van der Waals surface area contributed by atoms with Gasteiger partial charge in [-0.2, -0.15) is 0 Å². The van der Waals surface area contributed by atoms with Crippen LogP contribution in [0.1, 0.15) is 20.3 Å². The summed E-state index contributed by atoms with van der Waals surface area (Å²) in [6.45, 7) is 10.4. The van der Waals surface area contributed by atoms with Crippen LogP contribution in [0.25, 0.3) is 0 Å². The van der Waals surface area contributed by atoms with E-state index in [1.807, 2.05) is 0 Å². The van der Waals surface area contributed by atoms with E-state index in [0.717, 1.165) is 19.0 Å². The van der Waals surface area contributed by atoms with Gasteiger partial charge < -0.3 is 14.7 Å². The van der Waals surface area contributed by atoms with Crippen molar-refractivity contribution in [3.8, 4) is 0 Å². The summed E-state index contributed by atoms with van der Waals surface area (Å²) >= 11 is 0. The summed E-state index contributed by atoms with van der Waals surface area (Å²) in [4.78, 5) is 7.08. The van der Waals surface area contributed by atoms with Gasteiger partial charge in [0.1, 0.15) is 0 Å².